The van der Waals surface area contributed by atoms with E-state index in [9.17, 15) is 9.18 Å². The van der Waals surface area contributed by atoms with Crippen LogP contribution in [0, 0.1) is 12.7 Å². The summed E-state index contributed by atoms with van der Waals surface area (Å²) in [6.45, 7) is 1.87. The summed E-state index contributed by atoms with van der Waals surface area (Å²) in [6.07, 6.45) is 1.66. The highest BCUT2D eigenvalue weighted by Crippen LogP contribution is 2.22. The lowest BCUT2D eigenvalue weighted by Crippen LogP contribution is -2.16. The molecule has 6 nitrogen and oxygen atoms in total. The van der Waals surface area contributed by atoms with Crippen LogP contribution in [0.5, 0.6) is 0 Å². The molecule has 124 valence electrons. The Balaban J connectivity index is 1.58. The van der Waals surface area contributed by atoms with Crippen LogP contribution in [0.1, 0.15) is 5.69 Å². The maximum absolute atomic E-state index is 12.9. The number of H-pyrrole nitrogens is 1. The number of amides is 1. The van der Waals surface area contributed by atoms with Gasteiger partial charge in [-0.05, 0) is 36.8 Å². The molecule has 0 bridgehead atoms. The molecule has 3 aromatic rings. The number of aromatic amines is 1. The molecule has 0 unspecified atom stereocenters. The van der Waals surface area contributed by atoms with Gasteiger partial charge in [-0.3, -0.25) is 9.48 Å². The highest BCUT2D eigenvalue weighted by Gasteiger charge is 2.10. The molecule has 0 saturated carbocycles. The number of benzene rings is 1. The molecule has 1 amide bonds. The van der Waals surface area contributed by atoms with Crippen molar-refractivity contribution in [2.24, 2.45) is 7.05 Å². The number of aryl methyl sites for hydroxylation is 2. The van der Waals surface area contributed by atoms with Gasteiger partial charge < -0.3 is 10.3 Å². The third-order valence-electron chi connectivity index (χ3n) is 3.32. The number of carbonyl (C=O) groups excluding carboxylic acids is 1. The third kappa shape index (κ3) is 3.83. The Kier molecular flexibility index (Phi) is 4.66. The van der Waals surface area contributed by atoms with E-state index in [4.69, 9.17) is 0 Å². The van der Waals surface area contributed by atoms with Gasteiger partial charge in [-0.15, -0.1) is 0 Å². The summed E-state index contributed by atoms with van der Waals surface area (Å²) in [7, 11) is 1.78. The summed E-state index contributed by atoms with van der Waals surface area (Å²) in [5.41, 5.74) is 2.46. The molecule has 0 saturated heterocycles. The van der Waals surface area contributed by atoms with E-state index in [1.54, 1.807) is 30.1 Å². The molecule has 2 N–H and O–H groups in total. The van der Waals surface area contributed by atoms with Crippen molar-refractivity contribution in [2.75, 3.05) is 11.1 Å². The van der Waals surface area contributed by atoms with Gasteiger partial charge >= 0.3 is 0 Å². The SMILES string of the molecule is Cc1cc(NC(=O)CSc2ncc(-c3ccc(F)cc3)[nH]2)n(C)n1. The second-order valence-electron chi connectivity index (χ2n) is 5.24. The number of nitrogens with one attached hydrogen (secondary N) is 2. The number of nitrogens with zero attached hydrogens (tertiary/aromatic N) is 3. The fourth-order valence-corrected chi connectivity index (χ4v) is 2.84. The Morgan fingerprint density at radius 3 is 2.79 bits per heavy atom. The molecule has 2 heterocycles. The number of rotatable bonds is 5. The predicted molar refractivity (Wildman–Crippen MR) is 91.3 cm³/mol. The summed E-state index contributed by atoms with van der Waals surface area (Å²) in [4.78, 5) is 19.4. The maximum Gasteiger partial charge on any atom is 0.235 e. The van der Waals surface area contributed by atoms with Crippen LogP contribution in [0.2, 0.25) is 0 Å². The largest absolute Gasteiger partial charge is 0.333 e. The van der Waals surface area contributed by atoms with Gasteiger partial charge in [0.2, 0.25) is 5.91 Å². The van der Waals surface area contributed by atoms with Gasteiger partial charge in [0.05, 0.1) is 23.3 Å². The average molecular weight is 345 g/mol. The second-order valence-corrected chi connectivity index (χ2v) is 6.20. The first-order valence-corrected chi connectivity index (χ1v) is 8.24. The normalized spacial score (nSPS) is 10.8. The van der Waals surface area contributed by atoms with Crippen molar-refractivity contribution in [1.29, 1.82) is 0 Å². The zero-order chi connectivity index (χ0) is 17.1. The maximum atomic E-state index is 12.9. The fraction of sp³-hybridized carbons (Fsp3) is 0.188. The van der Waals surface area contributed by atoms with Crippen molar-refractivity contribution in [3.8, 4) is 11.3 Å². The van der Waals surface area contributed by atoms with Crippen LogP contribution in [0.3, 0.4) is 0 Å². The van der Waals surface area contributed by atoms with E-state index < -0.39 is 0 Å². The number of carbonyl (C=O) groups is 1. The monoisotopic (exact) mass is 345 g/mol. The number of anilines is 1. The highest BCUT2D eigenvalue weighted by molar-refractivity contribution is 7.99. The first-order valence-electron chi connectivity index (χ1n) is 7.25. The quantitative estimate of drug-likeness (QED) is 0.697. The zero-order valence-electron chi connectivity index (χ0n) is 13.2. The standard InChI is InChI=1S/C16H16FN5OS/c1-10-7-14(22(2)21-10)20-15(23)9-24-16-18-8-13(19-16)11-3-5-12(17)6-4-11/h3-8H,9H2,1-2H3,(H,18,19)(H,20,23). The number of thioether (sulfide) groups is 1. The number of hydrogen-bond donors (Lipinski definition) is 2. The Bertz CT molecular complexity index is 856. The van der Waals surface area contributed by atoms with Crippen molar-refractivity contribution in [3.63, 3.8) is 0 Å². The molecule has 8 heteroatoms. The van der Waals surface area contributed by atoms with E-state index in [0.29, 0.717) is 11.0 Å². The van der Waals surface area contributed by atoms with Gasteiger partial charge in [-0.25, -0.2) is 9.37 Å². The van der Waals surface area contributed by atoms with Gasteiger partial charge in [0.15, 0.2) is 5.16 Å². The van der Waals surface area contributed by atoms with Gasteiger partial charge in [0.1, 0.15) is 11.6 Å². The molecule has 0 aliphatic heterocycles. The van der Waals surface area contributed by atoms with Crippen molar-refractivity contribution in [2.45, 2.75) is 12.1 Å². The van der Waals surface area contributed by atoms with Crippen molar-refractivity contribution < 1.29 is 9.18 Å². The van der Waals surface area contributed by atoms with Gasteiger partial charge in [-0.1, -0.05) is 11.8 Å². The molecule has 0 atom stereocenters. The average Bonchev–Trinajstić information content (AvgIpc) is 3.13. The van der Waals surface area contributed by atoms with E-state index in [0.717, 1.165) is 17.0 Å². The number of aromatic nitrogens is 4. The zero-order valence-corrected chi connectivity index (χ0v) is 14.0. The highest BCUT2D eigenvalue weighted by atomic mass is 32.2. The summed E-state index contributed by atoms with van der Waals surface area (Å²) in [6, 6.07) is 7.95. The van der Waals surface area contributed by atoms with Crippen molar-refractivity contribution >= 4 is 23.5 Å². The molecular formula is C16H16FN5OS. The fourth-order valence-electron chi connectivity index (χ4n) is 2.19. The van der Waals surface area contributed by atoms with Crippen LogP contribution in [-0.4, -0.2) is 31.4 Å². The van der Waals surface area contributed by atoms with Crippen LogP contribution in [0.15, 0.2) is 41.7 Å². The van der Waals surface area contributed by atoms with Crippen LogP contribution in [-0.2, 0) is 11.8 Å². The lowest BCUT2D eigenvalue weighted by atomic mass is 10.2. The van der Waals surface area contributed by atoms with E-state index >= 15 is 0 Å². The van der Waals surface area contributed by atoms with E-state index in [2.05, 4.69) is 20.4 Å². The number of hydrogen-bond acceptors (Lipinski definition) is 4. The minimum absolute atomic E-state index is 0.136. The van der Waals surface area contributed by atoms with E-state index in [1.807, 2.05) is 13.0 Å². The third-order valence-corrected chi connectivity index (χ3v) is 4.20. The summed E-state index contributed by atoms with van der Waals surface area (Å²) < 4.78 is 14.6. The Hall–Kier alpha value is -2.61. The minimum atomic E-state index is -0.282. The molecule has 2 aromatic heterocycles. The smallest absolute Gasteiger partial charge is 0.235 e. The van der Waals surface area contributed by atoms with Crippen LogP contribution in [0.4, 0.5) is 10.2 Å². The number of imidazole rings is 1. The van der Waals surface area contributed by atoms with Crippen LogP contribution < -0.4 is 5.32 Å². The van der Waals surface area contributed by atoms with Crippen molar-refractivity contribution in [3.05, 3.63) is 48.0 Å². The molecule has 3 rings (SSSR count). The second kappa shape index (κ2) is 6.88. The molecule has 0 aliphatic rings. The molecule has 24 heavy (non-hydrogen) atoms. The first-order chi connectivity index (χ1) is 11.5. The Morgan fingerprint density at radius 2 is 2.12 bits per heavy atom. The summed E-state index contributed by atoms with van der Waals surface area (Å²) >= 11 is 1.30. The van der Waals surface area contributed by atoms with Gasteiger partial charge in [0.25, 0.3) is 0 Å². The lowest BCUT2D eigenvalue weighted by molar-refractivity contribution is -0.113. The number of halogens is 1. The Labute approximate surface area is 142 Å². The summed E-state index contributed by atoms with van der Waals surface area (Å²) in [5, 5.41) is 7.61. The lowest BCUT2D eigenvalue weighted by Gasteiger charge is -2.03. The van der Waals surface area contributed by atoms with Crippen molar-refractivity contribution in [1.82, 2.24) is 19.7 Å². The Morgan fingerprint density at radius 1 is 1.38 bits per heavy atom. The molecule has 0 fully saturated rings. The van der Waals surface area contributed by atoms with E-state index in [1.165, 1.54) is 23.9 Å². The molecular weight excluding hydrogens is 329 g/mol. The first kappa shape index (κ1) is 16.3. The van der Waals surface area contributed by atoms with Crippen LogP contribution in [0.25, 0.3) is 11.3 Å². The molecule has 0 aliphatic carbocycles. The topological polar surface area (TPSA) is 75.6 Å². The van der Waals surface area contributed by atoms with Crippen LogP contribution >= 0.6 is 11.8 Å². The predicted octanol–water partition coefficient (Wildman–Crippen LogP) is 2.99. The molecule has 0 radical (unpaired) electrons. The van der Waals surface area contributed by atoms with Gasteiger partial charge in [0, 0.05) is 13.1 Å². The van der Waals surface area contributed by atoms with E-state index in [-0.39, 0.29) is 17.5 Å². The summed E-state index contributed by atoms with van der Waals surface area (Å²) in [5.74, 6) is 0.461. The molecule has 1 aromatic carbocycles. The van der Waals surface area contributed by atoms with Gasteiger partial charge in [-0.2, -0.15) is 5.10 Å². The minimum Gasteiger partial charge on any atom is -0.333 e. The molecule has 0 spiro atoms.